The molecular weight excluding hydrogens is 519 g/mol. The first-order chi connectivity index (χ1) is 19.8. The fourth-order valence-electron chi connectivity index (χ4n) is 6.55. The molecule has 1 saturated heterocycles. The zero-order chi connectivity index (χ0) is 28.7. The van der Waals surface area contributed by atoms with Crippen LogP contribution in [0.3, 0.4) is 0 Å². The summed E-state index contributed by atoms with van der Waals surface area (Å²) in [6, 6.07) is 18.0. The second-order valence-corrected chi connectivity index (χ2v) is 11.8. The van der Waals surface area contributed by atoms with E-state index in [0.717, 1.165) is 49.8 Å². The lowest BCUT2D eigenvalue weighted by molar-refractivity contribution is 0.166. The molecule has 0 amide bonds. The maximum Gasteiger partial charge on any atom is 0.337 e. The SMILES string of the molecule is C[C@@H]1CN(Cc2ccc(-c3cccc(-n4c(=O)n(C5CCC(N)CC5)c(=O)c5cc(F)cnc54)c3)cc2)C[C@H](C)N1. The number of nitrogens with two attached hydrogens (primary N) is 1. The molecule has 2 atom stereocenters. The largest absolute Gasteiger partial charge is 0.337 e. The van der Waals surface area contributed by atoms with Gasteiger partial charge in [-0.1, -0.05) is 36.4 Å². The van der Waals surface area contributed by atoms with Crippen LogP contribution in [0.15, 0.2) is 70.4 Å². The summed E-state index contributed by atoms with van der Waals surface area (Å²) in [6.45, 7) is 7.37. The molecule has 9 heteroatoms. The molecule has 2 aromatic carbocycles. The third kappa shape index (κ3) is 5.62. The Balaban J connectivity index is 1.37. The molecule has 2 aliphatic rings. The van der Waals surface area contributed by atoms with Crippen molar-refractivity contribution in [2.24, 2.45) is 5.73 Å². The third-order valence-electron chi connectivity index (χ3n) is 8.43. The molecule has 3 heterocycles. The summed E-state index contributed by atoms with van der Waals surface area (Å²) >= 11 is 0. The molecule has 0 unspecified atom stereocenters. The fourth-order valence-corrected chi connectivity index (χ4v) is 6.55. The van der Waals surface area contributed by atoms with Gasteiger partial charge in [-0.05, 0) is 74.4 Å². The van der Waals surface area contributed by atoms with Gasteiger partial charge in [0.05, 0.1) is 17.3 Å². The lowest BCUT2D eigenvalue weighted by Gasteiger charge is -2.36. The molecule has 1 aliphatic heterocycles. The van der Waals surface area contributed by atoms with Gasteiger partial charge in [0.15, 0.2) is 5.65 Å². The first-order valence-electron chi connectivity index (χ1n) is 14.5. The Hall–Kier alpha value is -3.66. The van der Waals surface area contributed by atoms with Crippen molar-refractivity contribution in [3.8, 4) is 16.8 Å². The Morgan fingerprint density at radius 1 is 0.951 bits per heavy atom. The number of hydrogen-bond acceptors (Lipinski definition) is 6. The first-order valence-corrected chi connectivity index (χ1v) is 14.5. The monoisotopic (exact) mass is 556 g/mol. The van der Waals surface area contributed by atoms with Crippen LogP contribution in [-0.4, -0.2) is 50.2 Å². The molecule has 214 valence electrons. The van der Waals surface area contributed by atoms with Crippen LogP contribution in [0, 0.1) is 5.82 Å². The van der Waals surface area contributed by atoms with Crippen molar-refractivity contribution in [2.45, 2.75) is 70.2 Å². The van der Waals surface area contributed by atoms with Crippen molar-refractivity contribution >= 4 is 11.0 Å². The highest BCUT2D eigenvalue weighted by Crippen LogP contribution is 2.27. The molecule has 2 fully saturated rings. The van der Waals surface area contributed by atoms with Crippen LogP contribution >= 0.6 is 0 Å². The van der Waals surface area contributed by atoms with Crippen molar-refractivity contribution in [3.05, 3.63) is 93.0 Å². The molecule has 0 bridgehead atoms. The van der Waals surface area contributed by atoms with Gasteiger partial charge >= 0.3 is 5.69 Å². The number of nitrogens with one attached hydrogen (secondary N) is 1. The minimum atomic E-state index is -0.615. The van der Waals surface area contributed by atoms with E-state index < -0.39 is 17.1 Å². The van der Waals surface area contributed by atoms with Gasteiger partial charge < -0.3 is 11.1 Å². The first kappa shape index (κ1) is 27.5. The molecule has 6 rings (SSSR count). The van der Waals surface area contributed by atoms with Gasteiger partial charge in [-0.15, -0.1) is 0 Å². The Morgan fingerprint density at radius 3 is 2.37 bits per heavy atom. The van der Waals surface area contributed by atoms with Gasteiger partial charge in [0.1, 0.15) is 5.82 Å². The van der Waals surface area contributed by atoms with Crippen molar-refractivity contribution < 1.29 is 4.39 Å². The van der Waals surface area contributed by atoms with Crippen molar-refractivity contribution in [3.63, 3.8) is 0 Å². The highest BCUT2D eigenvalue weighted by Gasteiger charge is 2.26. The van der Waals surface area contributed by atoms with Crippen LogP contribution in [-0.2, 0) is 6.54 Å². The van der Waals surface area contributed by atoms with Crippen LogP contribution < -0.4 is 22.3 Å². The summed E-state index contributed by atoms with van der Waals surface area (Å²) < 4.78 is 17.0. The van der Waals surface area contributed by atoms with E-state index in [1.54, 1.807) is 0 Å². The summed E-state index contributed by atoms with van der Waals surface area (Å²) in [5.41, 5.74) is 9.04. The topological polar surface area (TPSA) is 98.2 Å². The molecule has 8 nitrogen and oxygen atoms in total. The van der Waals surface area contributed by atoms with Crippen LogP contribution in [0.25, 0.3) is 27.8 Å². The fraction of sp³-hybridized carbons (Fsp3) is 0.406. The van der Waals surface area contributed by atoms with Crippen molar-refractivity contribution in [2.75, 3.05) is 13.1 Å². The van der Waals surface area contributed by atoms with Crippen LogP contribution in [0.2, 0.25) is 0 Å². The number of pyridine rings is 1. The van der Waals surface area contributed by atoms with Crippen LogP contribution in [0.5, 0.6) is 0 Å². The summed E-state index contributed by atoms with van der Waals surface area (Å²) in [5.74, 6) is -0.615. The zero-order valence-corrected chi connectivity index (χ0v) is 23.6. The Kier molecular flexibility index (Phi) is 7.59. The van der Waals surface area contributed by atoms with E-state index in [4.69, 9.17) is 5.73 Å². The predicted octanol–water partition coefficient (Wildman–Crippen LogP) is 3.98. The number of benzene rings is 2. The van der Waals surface area contributed by atoms with E-state index >= 15 is 0 Å². The minimum Gasteiger partial charge on any atom is -0.328 e. The lowest BCUT2D eigenvalue weighted by atomic mass is 9.91. The summed E-state index contributed by atoms with van der Waals surface area (Å²) in [7, 11) is 0. The molecule has 2 aromatic heterocycles. The molecule has 41 heavy (non-hydrogen) atoms. The van der Waals surface area contributed by atoms with Gasteiger partial charge in [-0.2, -0.15) is 0 Å². The Bertz CT molecular complexity index is 1660. The maximum atomic E-state index is 14.3. The normalized spacial score (nSPS) is 23.6. The van der Waals surface area contributed by atoms with E-state index in [1.807, 2.05) is 24.3 Å². The molecule has 1 aliphatic carbocycles. The van der Waals surface area contributed by atoms with Crippen molar-refractivity contribution in [1.82, 2.24) is 24.3 Å². The van der Waals surface area contributed by atoms with Crippen LogP contribution in [0.1, 0.15) is 51.1 Å². The Morgan fingerprint density at radius 2 is 1.66 bits per heavy atom. The zero-order valence-electron chi connectivity index (χ0n) is 23.6. The third-order valence-corrected chi connectivity index (χ3v) is 8.43. The second kappa shape index (κ2) is 11.3. The number of nitrogens with zero attached hydrogens (tertiary/aromatic N) is 4. The van der Waals surface area contributed by atoms with Gasteiger partial charge in [-0.3, -0.25) is 14.3 Å². The smallest absolute Gasteiger partial charge is 0.328 e. The number of rotatable bonds is 5. The predicted molar refractivity (Wildman–Crippen MR) is 160 cm³/mol. The van der Waals surface area contributed by atoms with E-state index in [1.165, 1.54) is 20.8 Å². The average molecular weight is 557 g/mol. The van der Waals surface area contributed by atoms with E-state index in [-0.39, 0.29) is 23.1 Å². The van der Waals surface area contributed by atoms with Gasteiger partial charge in [0.2, 0.25) is 0 Å². The molecular formula is C32H37FN6O2. The highest BCUT2D eigenvalue weighted by molar-refractivity contribution is 5.76. The minimum absolute atomic E-state index is 0.0656. The summed E-state index contributed by atoms with van der Waals surface area (Å²) in [5, 5.41) is 3.66. The van der Waals surface area contributed by atoms with E-state index in [2.05, 4.69) is 53.3 Å². The number of aromatic nitrogens is 3. The molecule has 4 aromatic rings. The quantitative estimate of drug-likeness (QED) is 0.386. The van der Waals surface area contributed by atoms with Crippen molar-refractivity contribution in [1.29, 1.82) is 0 Å². The molecule has 3 N–H and O–H groups in total. The number of halogens is 1. The Labute approximate surface area is 238 Å². The lowest BCUT2D eigenvalue weighted by Crippen LogP contribution is -2.53. The average Bonchev–Trinajstić information content (AvgIpc) is 2.95. The molecule has 0 spiro atoms. The summed E-state index contributed by atoms with van der Waals surface area (Å²) in [6.07, 6.45) is 3.76. The van der Waals surface area contributed by atoms with Gasteiger partial charge in [-0.25, -0.2) is 18.7 Å². The van der Waals surface area contributed by atoms with E-state index in [0.29, 0.717) is 30.6 Å². The highest BCUT2D eigenvalue weighted by atomic mass is 19.1. The molecule has 0 radical (unpaired) electrons. The number of piperazine rings is 1. The summed E-state index contributed by atoms with van der Waals surface area (Å²) in [4.78, 5) is 34.1. The standard InChI is InChI=1S/C32H37FN6O2/c1-20-17-37(18-21(2)36-20)19-22-6-8-23(9-7-22)24-4-3-5-28(14-24)38-30-29(15-25(33)16-35-30)31(40)39(32(38)41)27-12-10-26(34)11-13-27/h3-9,14-16,20-21,26-27,36H,10-13,17-19,34H2,1-2H3/t20-,21+,26?,27?. The van der Waals surface area contributed by atoms with E-state index in [9.17, 15) is 14.0 Å². The maximum absolute atomic E-state index is 14.3. The van der Waals surface area contributed by atoms with Gasteiger partial charge in [0, 0.05) is 43.8 Å². The van der Waals surface area contributed by atoms with Gasteiger partial charge in [0.25, 0.3) is 5.56 Å². The number of hydrogen-bond donors (Lipinski definition) is 2. The second-order valence-electron chi connectivity index (χ2n) is 11.8. The van der Waals surface area contributed by atoms with Crippen LogP contribution in [0.4, 0.5) is 4.39 Å². The number of fused-ring (bicyclic) bond motifs is 1. The molecule has 1 saturated carbocycles.